The van der Waals surface area contributed by atoms with Crippen molar-refractivity contribution < 1.29 is 22.3 Å². The van der Waals surface area contributed by atoms with Crippen molar-refractivity contribution in [2.75, 3.05) is 5.32 Å². The predicted molar refractivity (Wildman–Crippen MR) is 111 cm³/mol. The van der Waals surface area contributed by atoms with E-state index in [-0.39, 0.29) is 22.2 Å². The minimum atomic E-state index is -4.27. The van der Waals surface area contributed by atoms with E-state index >= 15 is 0 Å². The zero-order valence-corrected chi connectivity index (χ0v) is 17.0. The summed E-state index contributed by atoms with van der Waals surface area (Å²) in [6, 6.07) is 15.8. The molecule has 0 saturated carbocycles. The zero-order valence-electron chi connectivity index (χ0n) is 16.2. The van der Waals surface area contributed by atoms with Crippen LogP contribution in [0.1, 0.15) is 21.5 Å². The Kier molecular flexibility index (Phi) is 5.84. The highest BCUT2D eigenvalue weighted by molar-refractivity contribution is 7.87. The summed E-state index contributed by atoms with van der Waals surface area (Å²) in [5.74, 6) is -0.377. The first-order chi connectivity index (χ1) is 14.1. The number of amides is 1. The quantitative estimate of drug-likeness (QED) is 0.358. The second kappa shape index (κ2) is 8.34. The molecule has 0 fully saturated rings. The molecular formula is C21H18N2O6S. The molecular weight excluding hydrogens is 408 g/mol. The number of aryl methyl sites for hydroxylation is 2. The van der Waals surface area contributed by atoms with Gasteiger partial charge >= 0.3 is 10.1 Å². The van der Waals surface area contributed by atoms with Crippen LogP contribution < -0.4 is 9.50 Å². The first kappa shape index (κ1) is 21.0. The summed E-state index contributed by atoms with van der Waals surface area (Å²) in [4.78, 5) is 22.2. The molecule has 0 aliphatic heterocycles. The number of hydrogen-bond donors (Lipinski definition) is 1. The normalized spacial score (nSPS) is 11.0. The van der Waals surface area contributed by atoms with Gasteiger partial charge in [0.2, 0.25) is 0 Å². The molecule has 0 aliphatic carbocycles. The number of nitro benzene ring substituents is 1. The molecule has 1 amide bonds. The van der Waals surface area contributed by atoms with Gasteiger partial charge in [0.1, 0.15) is 10.6 Å². The molecule has 0 heterocycles. The van der Waals surface area contributed by atoms with E-state index in [9.17, 15) is 23.3 Å². The number of nitrogens with one attached hydrogen (secondary N) is 1. The average molecular weight is 426 g/mol. The van der Waals surface area contributed by atoms with Gasteiger partial charge in [-0.2, -0.15) is 8.42 Å². The molecule has 3 aromatic rings. The van der Waals surface area contributed by atoms with Crippen LogP contribution in [0, 0.1) is 24.0 Å². The van der Waals surface area contributed by atoms with Crippen molar-refractivity contribution in [2.24, 2.45) is 0 Å². The van der Waals surface area contributed by atoms with Crippen molar-refractivity contribution in [3.05, 3.63) is 93.5 Å². The number of carbonyl (C=O) groups is 1. The van der Waals surface area contributed by atoms with Gasteiger partial charge in [-0.1, -0.05) is 12.1 Å². The maximum Gasteiger partial charge on any atom is 0.339 e. The number of hydrogen-bond acceptors (Lipinski definition) is 6. The van der Waals surface area contributed by atoms with Gasteiger partial charge in [0.25, 0.3) is 11.6 Å². The topological polar surface area (TPSA) is 116 Å². The zero-order chi connectivity index (χ0) is 21.9. The van der Waals surface area contributed by atoms with Crippen molar-refractivity contribution in [3.8, 4) is 5.75 Å². The van der Waals surface area contributed by atoms with Crippen LogP contribution >= 0.6 is 0 Å². The van der Waals surface area contributed by atoms with Gasteiger partial charge in [0.05, 0.1) is 4.92 Å². The predicted octanol–water partition coefficient (Wildman–Crippen LogP) is 4.23. The van der Waals surface area contributed by atoms with E-state index in [1.807, 2.05) is 32.0 Å². The first-order valence-corrected chi connectivity index (χ1v) is 10.2. The maximum absolute atomic E-state index is 12.4. The van der Waals surface area contributed by atoms with E-state index < -0.39 is 15.0 Å². The van der Waals surface area contributed by atoms with Crippen LogP contribution in [0.25, 0.3) is 0 Å². The van der Waals surface area contributed by atoms with Crippen molar-refractivity contribution in [1.29, 1.82) is 0 Å². The van der Waals surface area contributed by atoms with E-state index in [1.165, 1.54) is 42.5 Å². The highest BCUT2D eigenvalue weighted by Crippen LogP contribution is 2.23. The SMILES string of the molecule is Cc1cc(C)cc(NC(=O)c2ccc(OS(=O)(=O)c3cccc([N+](=O)[O-])c3)cc2)c1. The van der Waals surface area contributed by atoms with Gasteiger partial charge in [0.15, 0.2) is 0 Å². The standard InChI is InChI=1S/C21H18N2O6S/c1-14-10-15(2)12-17(11-14)22-21(24)16-6-8-19(9-7-16)29-30(27,28)20-5-3-4-18(13-20)23(25)26/h3-13H,1-2H3,(H,22,24). The Hall–Kier alpha value is -3.72. The van der Waals surface area contributed by atoms with Crippen LogP contribution in [-0.2, 0) is 10.1 Å². The lowest BCUT2D eigenvalue weighted by Gasteiger charge is -2.09. The third kappa shape index (κ3) is 5.00. The van der Waals surface area contributed by atoms with Gasteiger partial charge in [-0.15, -0.1) is 0 Å². The minimum Gasteiger partial charge on any atom is -0.379 e. The van der Waals surface area contributed by atoms with Gasteiger partial charge in [-0.3, -0.25) is 14.9 Å². The second-order valence-electron chi connectivity index (χ2n) is 6.65. The highest BCUT2D eigenvalue weighted by Gasteiger charge is 2.20. The number of nitro groups is 1. The van der Waals surface area contributed by atoms with Crippen LogP contribution in [-0.4, -0.2) is 19.2 Å². The van der Waals surface area contributed by atoms with Gasteiger partial charge in [-0.05, 0) is 67.4 Å². The molecule has 154 valence electrons. The lowest BCUT2D eigenvalue weighted by molar-refractivity contribution is -0.385. The van der Waals surface area contributed by atoms with Crippen molar-refractivity contribution in [3.63, 3.8) is 0 Å². The summed E-state index contributed by atoms with van der Waals surface area (Å²) in [5, 5.41) is 13.6. The van der Waals surface area contributed by atoms with Crippen LogP contribution in [0.3, 0.4) is 0 Å². The summed E-state index contributed by atoms with van der Waals surface area (Å²) >= 11 is 0. The molecule has 3 aromatic carbocycles. The average Bonchev–Trinajstić information content (AvgIpc) is 2.67. The highest BCUT2D eigenvalue weighted by atomic mass is 32.2. The molecule has 1 N–H and O–H groups in total. The van der Waals surface area contributed by atoms with Gasteiger partial charge in [0, 0.05) is 23.4 Å². The third-order valence-electron chi connectivity index (χ3n) is 4.12. The Morgan fingerprint density at radius 1 is 0.967 bits per heavy atom. The van der Waals surface area contributed by atoms with Gasteiger partial charge in [-0.25, -0.2) is 0 Å². The van der Waals surface area contributed by atoms with Crippen molar-refractivity contribution >= 4 is 27.4 Å². The molecule has 8 nitrogen and oxygen atoms in total. The molecule has 0 bridgehead atoms. The first-order valence-electron chi connectivity index (χ1n) is 8.83. The Bertz CT molecular complexity index is 1200. The molecule has 0 radical (unpaired) electrons. The molecule has 3 rings (SSSR count). The molecule has 0 aliphatic rings. The smallest absolute Gasteiger partial charge is 0.339 e. The maximum atomic E-state index is 12.4. The van der Waals surface area contributed by atoms with Crippen molar-refractivity contribution in [2.45, 2.75) is 18.7 Å². The summed E-state index contributed by atoms with van der Waals surface area (Å²) in [6.07, 6.45) is 0. The Morgan fingerprint density at radius 2 is 1.60 bits per heavy atom. The van der Waals surface area contributed by atoms with Gasteiger partial charge < -0.3 is 9.50 Å². The molecule has 9 heteroatoms. The Morgan fingerprint density at radius 3 is 2.20 bits per heavy atom. The summed E-state index contributed by atoms with van der Waals surface area (Å²) in [5.41, 5.74) is 2.64. The Balaban J connectivity index is 1.74. The van der Waals surface area contributed by atoms with Crippen LogP contribution in [0.5, 0.6) is 5.75 Å². The van der Waals surface area contributed by atoms with E-state index in [4.69, 9.17) is 4.18 Å². The number of rotatable bonds is 6. The molecule has 0 unspecified atom stereocenters. The van der Waals surface area contributed by atoms with Crippen LogP contribution in [0.2, 0.25) is 0 Å². The summed E-state index contributed by atoms with van der Waals surface area (Å²) in [7, 11) is -4.27. The second-order valence-corrected chi connectivity index (χ2v) is 8.19. The number of benzene rings is 3. The number of anilines is 1. The van der Waals surface area contributed by atoms with E-state index in [1.54, 1.807) is 0 Å². The number of nitrogens with zero attached hydrogens (tertiary/aromatic N) is 1. The number of non-ortho nitro benzene ring substituents is 1. The van der Waals surface area contributed by atoms with Crippen LogP contribution in [0.15, 0.2) is 71.6 Å². The van der Waals surface area contributed by atoms with E-state index in [2.05, 4.69) is 5.32 Å². The molecule has 30 heavy (non-hydrogen) atoms. The monoisotopic (exact) mass is 426 g/mol. The number of carbonyl (C=O) groups excluding carboxylic acids is 1. The fourth-order valence-corrected chi connectivity index (χ4v) is 3.81. The summed E-state index contributed by atoms with van der Waals surface area (Å²) in [6.45, 7) is 3.85. The van der Waals surface area contributed by atoms with Crippen LogP contribution in [0.4, 0.5) is 11.4 Å². The lowest BCUT2D eigenvalue weighted by atomic mass is 10.1. The molecule has 0 saturated heterocycles. The largest absolute Gasteiger partial charge is 0.379 e. The summed E-state index contributed by atoms with van der Waals surface area (Å²) < 4.78 is 29.8. The van der Waals surface area contributed by atoms with Crippen molar-refractivity contribution in [1.82, 2.24) is 0 Å². The van der Waals surface area contributed by atoms with E-state index in [0.717, 1.165) is 17.2 Å². The minimum absolute atomic E-state index is 0.0237. The Labute approximate surface area is 173 Å². The van der Waals surface area contributed by atoms with E-state index in [0.29, 0.717) is 11.3 Å². The fraction of sp³-hybridized carbons (Fsp3) is 0.0952. The molecule has 0 aromatic heterocycles. The molecule has 0 atom stereocenters. The molecule has 0 spiro atoms. The fourth-order valence-electron chi connectivity index (χ4n) is 2.84. The third-order valence-corrected chi connectivity index (χ3v) is 5.36. The lowest BCUT2D eigenvalue weighted by Crippen LogP contribution is -2.13.